The van der Waals surface area contributed by atoms with Crippen molar-refractivity contribution in [2.45, 2.75) is 13.2 Å². The zero-order valence-electron chi connectivity index (χ0n) is 15.7. The topological polar surface area (TPSA) is 63.0 Å². The minimum atomic E-state index is -0.922. The number of benzene rings is 3. The van der Waals surface area contributed by atoms with Crippen LogP contribution in [-0.2, 0) is 9.53 Å². The van der Waals surface area contributed by atoms with Crippen LogP contribution in [-0.4, -0.2) is 23.7 Å². The summed E-state index contributed by atoms with van der Waals surface area (Å²) in [4.78, 5) is 21.3. The molecule has 1 aliphatic heterocycles. The molecule has 6 heteroatoms. The summed E-state index contributed by atoms with van der Waals surface area (Å²) >= 11 is 6.27. The Morgan fingerprint density at radius 1 is 1.00 bits per heavy atom. The number of anilines is 1. The SMILES string of the molecule is CC(=O)OC1N=C(c2ccccc2)c2cc(Cl)ccc2N=C1Nc1ccccc1. The zero-order chi connectivity index (χ0) is 20.2. The largest absolute Gasteiger partial charge is 0.432 e. The highest BCUT2D eigenvalue weighted by Gasteiger charge is 2.26. The Labute approximate surface area is 173 Å². The molecule has 0 saturated carbocycles. The summed E-state index contributed by atoms with van der Waals surface area (Å²) in [5.41, 5.74) is 3.81. The van der Waals surface area contributed by atoms with E-state index in [0.717, 1.165) is 16.8 Å². The third-order valence-corrected chi connectivity index (χ3v) is 4.54. The standard InChI is InChI=1S/C23H18ClN3O2/c1-15(28)29-23-22(25-18-10-6-3-7-11-18)26-20-13-12-17(24)14-19(20)21(27-23)16-8-4-2-5-9-16/h2-14,23H,1H3,(H,25,26). The number of amidine groups is 1. The Bertz CT molecular complexity index is 1100. The van der Waals surface area contributed by atoms with Crippen molar-refractivity contribution in [3.05, 3.63) is 95.0 Å². The normalized spacial score (nSPS) is 15.4. The van der Waals surface area contributed by atoms with E-state index < -0.39 is 12.2 Å². The van der Waals surface area contributed by atoms with Crippen LogP contribution in [0.5, 0.6) is 0 Å². The van der Waals surface area contributed by atoms with Gasteiger partial charge in [-0.2, -0.15) is 0 Å². The van der Waals surface area contributed by atoms with E-state index in [-0.39, 0.29) is 0 Å². The molecule has 3 aromatic carbocycles. The van der Waals surface area contributed by atoms with Crippen molar-refractivity contribution < 1.29 is 9.53 Å². The summed E-state index contributed by atoms with van der Waals surface area (Å²) in [5, 5.41) is 3.81. The number of carbonyl (C=O) groups is 1. The summed E-state index contributed by atoms with van der Waals surface area (Å²) in [5.74, 6) is -0.0291. The molecule has 4 rings (SSSR count). The smallest absolute Gasteiger partial charge is 0.304 e. The number of nitrogens with one attached hydrogen (secondary N) is 1. The molecule has 0 spiro atoms. The highest BCUT2D eigenvalue weighted by atomic mass is 35.5. The molecule has 0 fully saturated rings. The number of para-hydroxylation sites is 1. The number of hydrogen-bond donors (Lipinski definition) is 1. The van der Waals surface area contributed by atoms with Gasteiger partial charge in [0.05, 0.1) is 11.4 Å². The van der Waals surface area contributed by atoms with E-state index in [2.05, 4.69) is 5.32 Å². The van der Waals surface area contributed by atoms with Gasteiger partial charge in [0.15, 0.2) is 5.84 Å². The van der Waals surface area contributed by atoms with Gasteiger partial charge >= 0.3 is 5.97 Å². The summed E-state index contributed by atoms with van der Waals surface area (Å²) in [6, 6.07) is 24.7. The molecule has 1 heterocycles. The number of ether oxygens (including phenoxy) is 1. The molecule has 29 heavy (non-hydrogen) atoms. The van der Waals surface area contributed by atoms with E-state index in [1.165, 1.54) is 6.92 Å². The lowest BCUT2D eigenvalue weighted by Crippen LogP contribution is -2.31. The first-order valence-electron chi connectivity index (χ1n) is 9.11. The van der Waals surface area contributed by atoms with Gasteiger partial charge in [-0.25, -0.2) is 9.98 Å². The van der Waals surface area contributed by atoms with Crippen LogP contribution in [0.1, 0.15) is 18.1 Å². The number of rotatable bonds is 3. The van der Waals surface area contributed by atoms with Gasteiger partial charge in [-0.1, -0.05) is 60.1 Å². The van der Waals surface area contributed by atoms with Gasteiger partial charge in [-0.05, 0) is 30.3 Å². The van der Waals surface area contributed by atoms with Crippen molar-refractivity contribution in [3.8, 4) is 0 Å². The van der Waals surface area contributed by atoms with Crippen molar-refractivity contribution >= 4 is 40.5 Å². The molecule has 1 atom stereocenters. The molecular formula is C23H18ClN3O2. The fourth-order valence-electron chi connectivity index (χ4n) is 3.05. The fourth-order valence-corrected chi connectivity index (χ4v) is 3.22. The molecule has 0 bridgehead atoms. The molecule has 0 aliphatic carbocycles. The number of aliphatic imine (C=N–C) groups is 2. The van der Waals surface area contributed by atoms with Crippen LogP contribution in [0.25, 0.3) is 0 Å². The molecular weight excluding hydrogens is 386 g/mol. The van der Waals surface area contributed by atoms with E-state index in [1.54, 1.807) is 6.07 Å². The first kappa shape index (κ1) is 18.9. The zero-order valence-corrected chi connectivity index (χ0v) is 16.4. The van der Waals surface area contributed by atoms with Crippen LogP contribution in [0.2, 0.25) is 5.02 Å². The Morgan fingerprint density at radius 2 is 1.69 bits per heavy atom. The second-order valence-electron chi connectivity index (χ2n) is 6.46. The quantitative estimate of drug-likeness (QED) is 0.609. The lowest BCUT2D eigenvalue weighted by Gasteiger charge is -2.17. The van der Waals surface area contributed by atoms with Gasteiger partial charge in [0.1, 0.15) is 0 Å². The van der Waals surface area contributed by atoms with Gasteiger partial charge in [0, 0.05) is 28.8 Å². The molecule has 5 nitrogen and oxygen atoms in total. The van der Waals surface area contributed by atoms with E-state index in [4.69, 9.17) is 26.3 Å². The number of esters is 1. The number of carbonyl (C=O) groups excluding carboxylic acids is 1. The van der Waals surface area contributed by atoms with Gasteiger partial charge in [-0.3, -0.25) is 4.79 Å². The molecule has 0 aromatic heterocycles. The van der Waals surface area contributed by atoms with Crippen molar-refractivity contribution in [2.75, 3.05) is 5.32 Å². The summed E-state index contributed by atoms with van der Waals surface area (Å²) in [6.45, 7) is 1.35. The van der Waals surface area contributed by atoms with Crippen LogP contribution in [0.4, 0.5) is 11.4 Å². The first-order valence-corrected chi connectivity index (χ1v) is 9.49. The molecule has 1 aliphatic rings. The summed E-state index contributed by atoms with van der Waals surface area (Å²) < 4.78 is 5.52. The minimum Gasteiger partial charge on any atom is -0.432 e. The maximum absolute atomic E-state index is 11.8. The average Bonchev–Trinajstić information content (AvgIpc) is 2.86. The van der Waals surface area contributed by atoms with Gasteiger partial charge in [0.2, 0.25) is 0 Å². The van der Waals surface area contributed by atoms with E-state index in [1.807, 2.05) is 72.8 Å². The van der Waals surface area contributed by atoms with Crippen molar-refractivity contribution in [1.82, 2.24) is 0 Å². The van der Waals surface area contributed by atoms with Crippen molar-refractivity contribution in [2.24, 2.45) is 9.98 Å². The molecule has 3 aromatic rings. The summed E-state index contributed by atoms with van der Waals surface area (Å²) in [6.07, 6.45) is -0.922. The monoisotopic (exact) mass is 403 g/mol. The second kappa shape index (κ2) is 8.29. The Morgan fingerprint density at radius 3 is 2.38 bits per heavy atom. The average molecular weight is 404 g/mol. The Kier molecular flexibility index (Phi) is 5.40. The van der Waals surface area contributed by atoms with Crippen LogP contribution >= 0.6 is 11.6 Å². The third kappa shape index (κ3) is 4.36. The van der Waals surface area contributed by atoms with E-state index in [0.29, 0.717) is 22.3 Å². The molecule has 144 valence electrons. The van der Waals surface area contributed by atoms with Gasteiger partial charge < -0.3 is 10.1 Å². The maximum Gasteiger partial charge on any atom is 0.304 e. The lowest BCUT2D eigenvalue weighted by atomic mass is 10.0. The molecule has 0 amide bonds. The first-order chi connectivity index (χ1) is 14.1. The third-order valence-electron chi connectivity index (χ3n) is 4.31. The second-order valence-corrected chi connectivity index (χ2v) is 6.89. The van der Waals surface area contributed by atoms with Crippen LogP contribution in [0.3, 0.4) is 0 Å². The minimum absolute atomic E-state index is 0.418. The summed E-state index contributed by atoms with van der Waals surface area (Å²) in [7, 11) is 0. The predicted molar refractivity (Wildman–Crippen MR) is 116 cm³/mol. The molecule has 1 unspecified atom stereocenters. The van der Waals surface area contributed by atoms with Gasteiger partial charge in [0.25, 0.3) is 6.23 Å². The number of halogens is 1. The van der Waals surface area contributed by atoms with Crippen LogP contribution in [0, 0.1) is 0 Å². The van der Waals surface area contributed by atoms with Crippen molar-refractivity contribution in [1.29, 1.82) is 0 Å². The fraction of sp³-hybridized carbons (Fsp3) is 0.0870. The Hall–Kier alpha value is -3.44. The molecule has 0 radical (unpaired) electrons. The van der Waals surface area contributed by atoms with E-state index in [9.17, 15) is 4.79 Å². The van der Waals surface area contributed by atoms with Crippen LogP contribution < -0.4 is 5.32 Å². The number of hydrogen-bond acceptors (Lipinski definition) is 5. The lowest BCUT2D eigenvalue weighted by molar-refractivity contribution is -0.142. The highest BCUT2D eigenvalue weighted by Crippen LogP contribution is 2.30. The Balaban J connectivity index is 1.88. The predicted octanol–water partition coefficient (Wildman–Crippen LogP) is 5.22. The van der Waals surface area contributed by atoms with Crippen LogP contribution in [0.15, 0.2) is 88.8 Å². The molecule has 1 N–H and O–H groups in total. The van der Waals surface area contributed by atoms with E-state index >= 15 is 0 Å². The maximum atomic E-state index is 11.8. The van der Waals surface area contributed by atoms with Gasteiger partial charge in [-0.15, -0.1) is 0 Å². The number of nitrogens with zero attached hydrogens (tertiary/aromatic N) is 2. The van der Waals surface area contributed by atoms with Crippen molar-refractivity contribution in [3.63, 3.8) is 0 Å². The highest BCUT2D eigenvalue weighted by molar-refractivity contribution is 6.31. The molecule has 0 saturated heterocycles. The number of fused-ring (bicyclic) bond motifs is 1.